The maximum absolute atomic E-state index is 12.8. The van der Waals surface area contributed by atoms with Gasteiger partial charge in [-0.05, 0) is 19.1 Å². The van der Waals surface area contributed by atoms with Crippen molar-refractivity contribution in [2.24, 2.45) is 0 Å². The number of carbonyl (C=O) groups excluding carboxylic acids is 1. The zero-order chi connectivity index (χ0) is 19.8. The summed E-state index contributed by atoms with van der Waals surface area (Å²) in [6.07, 6.45) is -0.389. The summed E-state index contributed by atoms with van der Waals surface area (Å²) in [4.78, 5) is 14.2. The van der Waals surface area contributed by atoms with Crippen LogP contribution in [0.2, 0.25) is 0 Å². The maximum atomic E-state index is 12.8. The average Bonchev–Trinajstić information content (AvgIpc) is 2.61. The van der Waals surface area contributed by atoms with Gasteiger partial charge in [-0.15, -0.1) is 0 Å². The Bertz CT molecular complexity index is 1240. The molecule has 8 nitrogen and oxygen atoms in total. The van der Waals surface area contributed by atoms with E-state index in [9.17, 15) is 23.4 Å². The first-order chi connectivity index (χ1) is 12.7. The van der Waals surface area contributed by atoms with Crippen LogP contribution in [0.15, 0.2) is 42.5 Å². The van der Waals surface area contributed by atoms with Crippen molar-refractivity contribution in [1.29, 1.82) is 0 Å². The Morgan fingerprint density at radius 3 is 2.44 bits per heavy atom. The predicted octanol–water partition coefficient (Wildman–Crippen LogP) is 0.853. The van der Waals surface area contributed by atoms with E-state index in [0.29, 0.717) is 0 Å². The minimum Gasteiger partial charge on any atom is -0.508 e. The van der Waals surface area contributed by atoms with Crippen LogP contribution in [0, 0.1) is 0 Å². The van der Waals surface area contributed by atoms with Crippen molar-refractivity contribution in [3.05, 3.63) is 64.0 Å². The van der Waals surface area contributed by atoms with Gasteiger partial charge in [0, 0.05) is 22.1 Å². The lowest BCUT2D eigenvalue weighted by Crippen LogP contribution is -2.38. The molecule has 0 atom stereocenters. The highest BCUT2D eigenvalue weighted by atomic mass is 32.2. The van der Waals surface area contributed by atoms with Crippen LogP contribution in [0.3, 0.4) is 0 Å². The zero-order valence-electron chi connectivity index (χ0n) is 14.1. The number of carbonyl (C=O) groups is 1. The van der Waals surface area contributed by atoms with Gasteiger partial charge >= 0.3 is 15.8 Å². The van der Waals surface area contributed by atoms with Gasteiger partial charge in [0.1, 0.15) is 16.4 Å². The molecule has 2 aromatic carbocycles. The Morgan fingerprint density at radius 1 is 1.15 bits per heavy atom. The summed E-state index contributed by atoms with van der Waals surface area (Å²) in [5.74, 6) is -1.28. The summed E-state index contributed by atoms with van der Waals surface area (Å²) < 4.78 is 30.7. The molecule has 0 unspecified atom stereocenters. The van der Waals surface area contributed by atoms with E-state index >= 15 is 0 Å². The van der Waals surface area contributed by atoms with E-state index in [2.05, 4.69) is 4.79 Å². The molecule has 27 heavy (non-hydrogen) atoms. The number of aliphatic hydroxyl groups is 1. The van der Waals surface area contributed by atoms with Crippen LogP contribution in [0.5, 0.6) is 11.5 Å². The molecular weight excluding hydrogens is 372 g/mol. The van der Waals surface area contributed by atoms with E-state index in [0.717, 1.165) is 6.07 Å². The third kappa shape index (κ3) is 3.46. The number of benzene rings is 2. The highest BCUT2D eigenvalue weighted by molar-refractivity contribution is 7.96. The van der Waals surface area contributed by atoms with Crippen molar-refractivity contribution >= 4 is 32.3 Å². The number of nitrogens with zero attached hydrogens (tertiary/aromatic N) is 2. The lowest BCUT2D eigenvalue weighted by molar-refractivity contribution is -0.00641. The summed E-state index contributed by atoms with van der Waals surface area (Å²) in [5, 5.41) is 20.2. The van der Waals surface area contributed by atoms with Crippen molar-refractivity contribution in [3.63, 3.8) is 0 Å². The van der Waals surface area contributed by atoms with Gasteiger partial charge in [-0.25, -0.2) is 0 Å². The summed E-state index contributed by atoms with van der Waals surface area (Å²) in [7, 11) is -4.40. The third-order valence-electron chi connectivity index (χ3n) is 4.01. The van der Waals surface area contributed by atoms with Crippen LogP contribution in [0.1, 0.15) is 23.7 Å². The molecule has 1 aliphatic rings. The summed E-state index contributed by atoms with van der Waals surface area (Å²) in [5.41, 5.74) is 8.94. The summed E-state index contributed by atoms with van der Waals surface area (Å²) in [6, 6.07) is 9.59. The monoisotopic (exact) mass is 386 g/mol. The number of phenols is 1. The number of rotatable bonds is 4. The van der Waals surface area contributed by atoms with E-state index in [1.165, 1.54) is 31.2 Å². The fraction of sp³-hybridized carbons (Fsp3) is 0.111. The molecule has 0 saturated heterocycles. The largest absolute Gasteiger partial charge is 0.508 e. The second-order valence-corrected chi connectivity index (χ2v) is 7.42. The minimum atomic E-state index is -4.40. The minimum absolute atomic E-state index is 0.0813. The standard InChI is InChI=1S/C18H14N2O6S/c1-10(21)11-6-12(22)8-13(7-11)26-27(24,25)17-9-16(20-19)18(23)15-5-3-2-4-14(15)17/h2-8,22-23H,9H2,1H3. The molecule has 0 radical (unpaired) electrons. The van der Waals surface area contributed by atoms with Gasteiger partial charge < -0.3 is 19.9 Å². The maximum Gasteiger partial charge on any atom is 0.339 e. The molecule has 0 bridgehead atoms. The smallest absolute Gasteiger partial charge is 0.339 e. The van der Waals surface area contributed by atoms with Gasteiger partial charge in [0.25, 0.3) is 0 Å². The second-order valence-electron chi connectivity index (χ2n) is 5.85. The van der Waals surface area contributed by atoms with Gasteiger partial charge in [-0.3, -0.25) is 4.79 Å². The number of ketones is 1. The first-order valence-electron chi connectivity index (χ1n) is 7.75. The number of aliphatic hydroxyl groups excluding tert-OH is 1. The fourth-order valence-corrected chi connectivity index (χ4v) is 3.95. The van der Waals surface area contributed by atoms with Crippen LogP contribution >= 0.6 is 0 Å². The average molecular weight is 386 g/mol. The second kappa shape index (κ2) is 6.71. The quantitative estimate of drug-likeness (QED) is 0.346. The van der Waals surface area contributed by atoms with Crippen LogP contribution in [-0.2, 0) is 10.1 Å². The Labute approximate surface area is 154 Å². The zero-order valence-corrected chi connectivity index (χ0v) is 14.9. The molecule has 0 spiro atoms. The number of hydrogen-bond donors (Lipinski definition) is 2. The highest BCUT2D eigenvalue weighted by Gasteiger charge is 2.32. The van der Waals surface area contributed by atoms with Crippen molar-refractivity contribution < 1.29 is 32.4 Å². The van der Waals surface area contributed by atoms with Crippen LogP contribution in [0.4, 0.5) is 0 Å². The molecular formula is C18H14N2O6S. The van der Waals surface area contributed by atoms with Crippen molar-refractivity contribution in [1.82, 2.24) is 0 Å². The molecule has 0 aromatic heterocycles. The molecule has 0 amide bonds. The van der Waals surface area contributed by atoms with E-state index < -0.39 is 10.1 Å². The van der Waals surface area contributed by atoms with Crippen molar-refractivity contribution in [3.8, 4) is 11.5 Å². The van der Waals surface area contributed by atoms with Crippen molar-refractivity contribution in [2.45, 2.75) is 13.3 Å². The topological polar surface area (TPSA) is 137 Å². The molecule has 138 valence electrons. The summed E-state index contributed by atoms with van der Waals surface area (Å²) in [6.45, 7) is 1.27. The van der Waals surface area contributed by atoms with E-state index in [1.54, 1.807) is 12.1 Å². The van der Waals surface area contributed by atoms with Crippen LogP contribution in [-0.4, -0.2) is 34.9 Å². The fourth-order valence-electron chi connectivity index (χ4n) is 2.74. The van der Waals surface area contributed by atoms with Crippen LogP contribution in [0.25, 0.3) is 16.2 Å². The number of Topliss-reactive ketones (excluding diaryl/α,β-unsaturated/α-hetero) is 1. The first-order valence-corrected chi connectivity index (χ1v) is 9.16. The first kappa shape index (κ1) is 18.4. The third-order valence-corrected chi connectivity index (χ3v) is 5.39. The molecule has 0 aliphatic heterocycles. The van der Waals surface area contributed by atoms with Gasteiger partial charge in [0.2, 0.25) is 5.76 Å². The van der Waals surface area contributed by atoms with Crippen molar-refractivity contribution in [2.75, 3.05) is 0 Å². The molecule has 3 rings (SSSR count). The number of phenolic OH excluding ortho intramolecular Hbond substituents is 1. The molecule has 9 heteroatoms. The predicted molar refractivity (Wildman–Crippen MR) is 96.0 cm³/mol. The molecule has 1 aliphatic carbocycles. The van der Waals surface area contributed by atoms with Gasteiger partial charge in [0.05, 0.1) is 6.42 Å². The Morgan fingerprint density at radius 2 is 1.81 bits per heavy atom. The number of aromatic hydroxyl groups is 1. The van der Waals surface area contributed by atoms with E-state index in [-0.39, 0.29) is 56.1 Å². The summed E-state index contributed by atoms with van der Waals surface area (Å²) >= 11 is 0. The van der Waals surface area contributed by atoms with E-state index in [1.807, 2.05) is 0 Å². The van der Waals surface area contributed by atoms with Gasteiger partial charge in [-0.2, -0.15) is 13.2 Å². The Balaban J connectivity index is 2.19. The number of hydrogen-bond acceptors (Lipinski definition) is 6. The lowest BCUT2D eigenvalue weighted by atomic mass is 10.0. The normalized spacial score (nSPS) is 13.7. The molecule has 2 N–H and O–H groups in total. The lowest BCUT2D eigenvalue weighted by Gasteiger charge is -2.13. The Kier molecular flexibility index (Phi) is 4.57. The highest BCUT2D eigenvalue weighted by Crippen LogP contribution is 2.26. The van der Waals surface area contributed by atoms with Gasteiger partial charge in [-0.1, -0.05) is 24.3 Å². The molecule has 0 heterocycles. The van der Waals surface area contributed by atoms with Crippen LogP contribution < -0.4 is 14.6 Å². The van der Waals surface area contributed by atoms with E-state index in [4.69, 9.17) is 9.71 Å². The molecule has 2 aromatic rings. The SMILES string of the molecule is CC(=O)c1cc(O)cc(OS(=O)(=O)C2=c3ccccc3=C(O)C(=[N+]=[N-])C2)c1. The number of fused-ring (bicyclic) bond motifs is 1. The molecule has 0 saturated carbocycles. The Hall–Kier alpha value is -3.42. The molecule has 0 fully saturated rings. The van der Waals surface area contributed by atoms with Gasteiger partial charge in [0.15, 0.2) is 5.78 Å².